The summed E-state index contributed by atoms with van der Waals surface area (Å²) in [5, 5.41) is 9.82. The molecule has 15 heavy (non-hydrogen) atoms. The molecule has 1 nitrogen and oxygen atoms in total. The van der Waals surface area contributed by atoms with Gasteiger partial charge in [0, 0.05) is 4.47 Å². The van der Waals surface area contributed by atoms with Crippen LogP contribution in [0.2, 0.25) is 0 Å². The van der Waals surface area contributed by atoms with Gasteiger partial charge in [-0.15, -0.1) is 0 Å². The van der Waals surface area contributed by atoms with Gasteiger partial charge in [-0.1, -0.05) is 46.3 Å². The van der Waals surface area contributed by atoms with Crippen LogP contribution >= 0.6 is 15.9 Å². The molecule has 0 saturated heterocycles. The standard InChI is InChI=1S/C13H15BrO/c14-12-7-3-1-5-10(12)9-11-6-2-4-8-13(11)15/h1,3-5,7-8,11,13,15H,2,6,9H2. The molecule has 0 aliphatic heterocycles. The van der Waals surface area contributed by atoms with Crippen molar-refractivity contribution in [1.29, 1.82) is 0 Å². The Morgan fingerprint density at radius 2 is 2.13 bits per heavy atom. The lowest BCUT2D eigenvalue weighted by Gasteiger charge is -2.23. The van der Waals surface area contributed by atoms with Crippen molar-refractivity contribution < 1.29 is 5.11 Å². The van der Waals surface area contributed by atoms with E-state index >= 15 is 0 Å². The molecular weight excluding hydrogens is 252 g/mol. The SMILES string of the molecule is OC1C=CCCC1Cc1ccccc1Br. The molecule has 2 atom stereocenters. The zero-order valence-electron chi connectivity index (χ0n) is 8.57. The van der Waals surface area contributed by atoms with E-state index in [1.54, 1.807) is 0 Å². The van der Waals surface area contributed by atoms with Gasteiger partial charge < -0.3 is 5.11 Å². The van der Waals surface area contributed by atoms with Crippen molar-refractivity contribution in [2.45, 2.75) is 25.4 Å². The minimum atomic E-state index is -0.272. The van der Waals surface area contributed by atoms with Gasteiger partial charge in [0.25, 0.3) is 0 Å². The van der Waals surface area contributed by atoms with E-state index in [2.05, 4.69) is 34.1 Å². The van der Waals surface area contributed by atoms with E-state index in [1.165, 1.54) is 5.56 Å². The van der Waals surface area contributed by atoms with Gasteiger partial charge in [-0.2, -0.15) is 0 Å². The van der Waals surface area contributed by atoms with Crippen molar-refractivity contribution in [1.82, 2.24) is 0 Å². The van der Waals surface area contributed by atoms with Crippen LogP contribution in [0.5, 0.6) is 0 Å². The Labute approximate surface area is 99.0 Å². The van der Waals surface area contributed by atoms with Gasteiger partial charge >= 0.3 is 0 Å². The van der Waals surface area contributed by atoms with E-state index < -0.39 is 0 Å². The molecule has 1 aromatic rings. The second-order valence-corrected chi connectivity index (χ2v) is 4.91. The van der Waals surface area contributed by atoms with E-state index in [-0.39, 0.29) is 6.10 Å². The number of aliphatic hydroxyl groups excluding tert-OH is 1. The third kappa shape index (κ3) is 2.70. The Hall–Kier alpha value is -0.600. The predicted octanol–water partition coefficient (Wildman–Crippen LogP) is 3.32. The van der Waals surface area contributed by atoms with Gasteiger partial charge in [-0.05, 0) is 36.8 Å². The van der Waals surface area contributed by atoms with Gasteiger partial charge in [-0.3, -0.25) is 0 Å². The van der Waals surface area contributed by atoms with Crippen molar-refractivity contribution in [3.8, 4) is 0 Å². The van der Waals surface area contributed by atoms with Crippen LogP contribution in [0.15, 0.2) is 40.9 Å². The molecule has 1 aliphatic rings. The first kappa shape index (κ1) is 10.9. The maximum atomic E-state index is 9.82. The van der Waals surface area contributed by atoms with Crippen LogP contribution in [0.4, 0.5) is 0 Å². The molecule has 0 radical (unpaired) electrons. The van der Waals surface area contributed by atoms with Crippen molar-refractivity contribution >= 4 is 15.9 Å². The topological polar surface area (TPSA) is 20.2 Å². The lowest BCUT2D eigenvalue weighted by molar-refractivity contribution is 0.140. The zero-order valence-corrected chi connectivity index (χ0v) is 10.2. The molecule has 0 fully saturated rings. The Bertz CT molecular complexity index is 359. The zero-order chi connectivity index (χ0) is 10.7. The number of halogens is 1. The first-order valence-corrected chi connectivity index (χ1v) is 6.15. The van der Waals surface area contributed by atoms with Crippen LogP contribution < -0.4 is 0 Å². The van der Waals surface area contributed by atoms with Gasteiger partial charge in [-0.25, -0.2) is 0 Å². The van der Waals surface area contributed by atoms with E-state index in [4.69, 9.17) is 0 Å². The van der Waals surface area contributed by atoms with Gasteiger partial charge in [0.05, 0.1) is 6.10 Å². The molecule has 0 spiro atoms. The second-order valence-electron chi connectivity index (χ2n) is 4.05. The summed E-state index contributed by atoms with van der Waals surface area (Å²) < 4.78 is 1.15. The molecule has 80 valence electrons. The number of hydrogen-bond acceptors (Lipinski definition) is 1. The monoisotopic (exact) mass is 266 g/mol. The molecule has 2 rings (SSSR count). The van der Waals surface area contributed by atoms with Crippen molar-refractivity contribution in [2.24, 2.45) is 5.92 Å². The fourth-order valence-corrected chi connectivity index (χ4v) is 2.49. The van der Waals surface area contributed by atoms with Crippen LogP contribution in [0.3, 0.4) is 0 Å². The summed E-state index contributed by atoms with van der Waals surface area (Å²) >= 11 is 3.54. The van der Waals surface area contributed by atoms with Crippen molar-refractivity contribution in [2.75, 3.05) is 0 Å². The third-order valence-electron chi connectivity index (χ3n) is 2.96. The normalized spacial score (nSPS) is 25.5. The summed E-state index contributed by atoms with van der Waals surface area (Å²) in [6.07, 6.45) is 6.84. The summed E-state index contributed by atoms with van der Waals surface area (Å²) in [4.78, 5) is 0. The maximum Gasteiger partial charge on any atom is 0.0752 e. The molecule has 2 unspecified atom stereocenters. The molecule has 1 N–H and O–H groups in total. The number of allylic oxidation sites excluding steroid dienone is 1. The molecule has 0 aromatic heterocycles. The average Bonchev–Trinajstić information content (AvgIpc) is 2.24. The molecule has 2 heteroatoms. The molecule has 0 amide bonds. The van der Waals surface area contributed by atoms with Crippen LogP contribution in [-0.2, 0) is 6.42 Å². The highest BCUT2D eigenvalue weighted by molar-refractivity contribution is 9.10. The van der Waals surface area contributed by atoms with Gasteiger partial charge in [0.1, 0.15) is 0 Å². The van der Waals surface area contributed by atoms with Crippen LogP contribution in [-0.4, -0.2) is 11.2 Å². The first-order chi connectivity index (χ1) is 7.27. The van der Waals surface area contributed by atoms with Crippen molar-refractivity contribution in [3.63, 3.8) is 0 Å². The molecular formula is C13H15BrO. The number of benzene rings is 1. The van der Waals surface area contributed by atoms with Crippen LogP contribution in [0.25, 0.3) is 0 Å². The number of hydrogen-bond donors (Lipinski definition) is 1. The van der Waals surface area contributed by atoms with E-state index in [0.717, 1.165) is 23.7 Å². The summed E-state index contributed by atoms with van der Waals surface area (Å²) in [5.74, 6) is 0.369. The molecule has 0 heterocycles. The fraction of sp³-hybridized carbons (Fsp3) is 0.385. The molecule has 0 saturated carbocycles. The van der Waals surface area contributed by atoms with Crippen LogP contribution in [0.1, 0.15) is 18.4 Å². The Morgan fingerprint density at radius 1 is 1.33 bits per heavy atom. The van der Waals surface area contributed by atoms with Crippen LogP contribution in [0, 0.1) is 5.92 Å². The maximum absolute atomic E-state index is 9.82. The molecule has 1 aliphatic carbocycles. The van der Waals surface area contributed by atoms with Gasteiger partial charge in [0.2, 0.25) is 0 Å². The van der Waals surface area contributed by atoms with Crippen molar-refractivity contribution in [3.05, 3.63) is 46.5 Å². The van der Waals surface area contributed by atoms with E-state index in [1.807, 2.05) is 18.2 Å². The highest BCUT2D eigenvalue weighted by Crippen LogP contribution is 2.26. The first-order valence-electron chi connectivity index (χ1n) is 5.35. The predicted molar refractivity (Wildman–Crippen MR) is 65.7 cm³/mol. The van der Waals surface area contributed by atoms with E-state index in [9.17, 15) is 5.11 Å². The smallest absolute Gasteiger partial charge is 0.0752 e. The quantitative estimate of drug-likeness (QED) is 0.815. The minimum absolute atomic E-state index is 0.272. The summed E-state index contributed by atoms with van der Waals surface area (Å²) in [7, 11) is 0. The van der Waals surface area contributed by atoms with Gasteiger partial charge in [0.15, 0.2) is 0 Å². The minimum Gasteiger partial charge on any atom is -0.389 e. The lowest BCUT2D eigenvalue weighted by Crippen LogP contribution is -2.22. The summed E-state index contributed by atoms with van der Waals surface area (Å²) in [6, 6.07) is 8.24. The second kappa shape index (κ2) is 4.95. The third-order valence-corrected chi connectivity index (χ3v) is 3.73. The lowest BCUT2D eigenvalue weighted by atomic mass is 9.86. The average molecular weight is 267 g/mol. The Balaban J connectivity index is 2.08. The Morgan fingerprint density at radius 3 is 2.87 bits per heavy atom. The number of rotatable bonds is 2. The largest absolute Gasteiger partial charge is 0.389 e. The molecule has 1 aromatic carbocycles. The summed E-state index contributed by atoms with van der Waals surface area (Å²) in [5.41, 5.74) is 1.29. The van der Waals surface area contributed by atoms with E-state index in [0.29, 0.717) is 5.92 Å². The molecule has 0 bridgehead atoms. The summed E-state index contributed by atoms with van der Waals surface area (Å²) in [6.45, 7) is 0. The highest BCUT2D eigenvalue weighted by Gasteiger charge is 2.20. The fourth-order valence-electron chi connectivity index (χ4n) is 2.04. The number of aliphatic hydroxyl groups is 1. The highest BCUT2D eigenvalue weighted by atomic mass is 79.9. The Kier molecular flexibility index (Phi) is 3.60.